The number of rotatable bonds is 7. The molecule has 3 aromatic rings. The van der Waals surface area contributed by atoms with Crippen molar-refractivity contribution in [3.8, 4) is 11.5 Å². The molecule has 8 heteroatoms. The Morgan fingerprint density at radius 3 is 2.62 bits per heavy atom. The van der Waals surface area contributed by atoms with Crippen LogP contribution in [0.25, 0.3) is 6.08 Å². The molecule has 3 aromatic carbocycles. The fraction of sp³-hybridized carbons (Fsp3) is 0.154. The third-order valence-electron chi connectivity index (χ3n) is 4.89. The zero-order valence-corrected chi connectivity index (χ0v) is 22.1. The van der Waals surface area contributed by atoms with Crippen LogP contribution in [0.2, 0.25) is 10.0 Å². The SMILES string of the molecule is CCOc1cc(/C=C2\N=C(c3ccc(Cl)c(Cl)c3)OC2=O)cc(I)c1OCc1cccc(C)c1. The zero-order chi connectivity index (χ0) is 24.2. The topological polar surface area (TPSA) is 57.1 Å². The monoisotopic (exact) mass is 607 g/mol. The summed E-state index contributed by atoms with van der Waals surface area (Å²) in [5, 5.41) is 0.765. The van der Waals surface area contributed by atoms with Crippen molar-refractivity contribution in [3.63, 3.8) is 0 Å². The van der Waals surface area contributed by atoms with Gasteiger partial charge in [0.15, 0.2) is 17.2 Å². The lowest BCUT2D eigenvalue weighted by molar-refractivity contribution is -0.129. The minimum absolute atomic E-state index is 0.174. The number of benzene rings is 3. The summed E-state index contributed by atoms with van der Waals surface area (Å²) in [5.74, 6) is 0.871. The maximum Gasteiger partial charge on any atom is 0.363 e. The first-order chi connectivity index (χ1) is 16.3. The molecule has 0 aromatic heterocycles. The molecule has 34 heavy (non-hydrogen) atoms. The minimum Gasteiger partial charge on any atom is -0.490 e. The molecule has 0 spiro atoms. The number of nitrogens with zero attached hydrogens (tertiary/aromatic N) is 1. The molecule has 0 aliphatic carbocycles. The van der Waals surface area contributed by atoms with Crippen LogP contribution in [0.4, 0.5) is 0 Å². The summed E-state index contributed by atoms with van der Waals surface area (Å²) in [4.78, 5) is 16.8. The maximum atomic E-state index is 12.4. The smallest absolute Gasteiger partial charge is 0.363 e. The second kappa shape index (κ2) is 10.8. The largest absolute Gasteiger partial charge is 0.490 e. The van der Waals surface area contributed by atoms with E-state index in [1.165, 1.54) is 5.56 Å². The van der Waals surface area contributed by atoms with E-state index < -0.39 is 5.97 Å². The van der Waals surface area contributed by atoms with Crippen molar-refractivity contribution in [2.24, 2.45) is 4.99 Å². The molecule has 0 bridgehead atoms. The van der Waals surface area contributed by atoms with E-state index in [4.69, 9.17) is 37.4 Å². The number of aryl methyl sites for hydroxylation is 1. The van der Waals surface area contributed by atoms with Crippen molar-refractivity contribution in [1.29, 1.82) is 0 Å². The standard InChI is InChI=1S/C26H20Cl2INO4/c1-3-32-23-12-17(10-21(29)24(23)33-14-16-6-4-5-15(2)9-16)11-22-26(31)34-25(30-22)18-7-8-19(27)20(28)13-18/h4-13H,3,14H2,1-2H3/b22-11-. The number of cyclic esters (lactones) is 1. The van der Waals surface area contributed by atoms with Crippen LogP contribution in [0, 0.1) is 10.5 Å². The van der Waals surface area contributed by atoms with E-state index in [0.717, 1.165) is 14.7 Å². The second-order valence-electron chi connectivity index (χ2n) is 7.51. The highest BCUT2D eigenvalue weighted by atomic mass is 127. The lowest BCUT2D eigenvalue weighted by Crippen LogP contribution is -2.05. The Morgan fingerprint density at radius 1 is 1.06 bits per heavy atom. The van der Waals surface area contributed by atoms with Crippen molar-refractivity contribution in [2.45, 2.75) is 20.5 Å². The Kier molecular flexibility index (Phi) is 7.80. The van der Waals surface area contributed by atoms with E-state index in [0.29, 0.717) is 40.3 Å². The van der Waals surface area contributed by atoms with E-state index in [1.54, 1.807) is 24.3 Å². The summed E-state index contributed by atoms with van der Waals surface area (Å²) >= 11 is 14.2. The Morgan fingerprint density at radius 2 is 1.88 bits per heavy atom. The zero-order valence-electron chi connectivity index (χ0n) is 18.4. The maximum absolute atomic E-state index is 12.4. The van der Waals surface area contributed by atoms with E-state index in [9.17, 15) is 4.79 Å². The summed E-state index contributed by atoms with van der Waals surface area (Å²) in [6.07, 6.45) is 1.65. The molecular weight excluding hydrogens is 588 g/mol. The van der Waals surface area contributed by atoms with E-state index in [1.807, 2.05) is 44.2 Å². The predicted molar refractivity (Wildman–Crippen MR) is 143 cm³/mol. The summed E-state index contributed by atoms with van der Waals surface area (Å²) < 4.78 is 18.1. The third kappa shape index (κ3) is 5.74. The summed E-state index contributed by atoms with van der Waals surface area (Å²) in [7, 11) is 0. The quantitative estimate of drug-likeness (QED) is 0.162. The first-order valence-electron chi connectivity index (χ1n) is 10.5. The number of carbonyl (C=O) groups excluding carboxylic acids is 1. The molecule has 0 unspecified atom stereocenters. The van der Waals surface area contributed by atoms with Crippen molar-refractivity contribution in [1.82, 2.24) is 0 Å². The Balaban J connectivity index is 1.61. The molecule has 0 radical (unpaired) electrons. The highest BCUT2D eigenvalue weighted by molar-refractivity contribution is 14.1. The van der Waals surface area contributed by atoms with Gasteiger partial charge in [0.05, 0.1) is 20.2 Å². The molecule has 0 saturated heterocycles. The molecule has 0 atom stereocenters. The van der Waals surface area contributed by atoms with Gasteiger partial charge < -0.3 is 14.2 Å². The van der Waals surface area contributed by atoms with Gasteiger partial charge in [0.1, 0.15) is 6.61 Å². The predicted octanol–water partition coefficient (Wildman–Crippen LogP) is 7.23. The van der Waals surface area contributed by atoms with Gasteiger partial charge in [-0.1, -0.05) is 53.0 Å². The summed E-state index contributed by atoms with van der Waals surface area (Å²) in [6.45, 7) is 4.84. The van der Waals surface area contributed by atoms with Crippen LogP contribution in [0.5, 0.6) is 11.5 Å². The van der Waals surface area contributed by atoms with Gasteiger partial charge in [0.25, 0.3) is 0 Å². The molecule has 0 N–H and O–H groups in total. The molecule has 0 saturated carbocycles. The Hall–Kier alpha value is -2.55. The first kappa shape index (κ1) is 24.6. The van der Waals surface area contributed by atoms with Crippen LogP contribution >= 0.6 is 45.8 Å². The lowest BCUT2D eigenvalue weighted by atomic mass is 10.1. The van der Waals surface area contributed by atoms with Crippen molar-refractivity contribution in [3.05, 3.63) is 96.2 Å². The van der Waals surface area contributed by atoms with E-state index in [-0.39, 0.29) is 11.6 Å². The van der Waals surface area contributed by atoms with Gasteiger partial charge in [-0.25, -0.2) is 9.79 Å². The van der Waals surface area contributed by atoms with Crippen LogP contribution in [0.3, 0.4) is 0 Å². The molecule has 1 aliphatic heterocycles. The van der Waals surface area contributed by atoms with Crippen LogP contribution < -0.4 is 9.47 Å². The lowest BCUT2D eigenvalue weighted by Gasteiger charge is -2.15. The van der Waals surface area contributed by atoms with Gasteiger partial charge in [-0.2, -0.15) is 0 Å². The fourth-order valence-corrected chi connectivity index (χ4v) is 4.43. The Bertz CT molecular complexity index is 1320. The normalized spacial score (nSPS) is 14.2. The van der Waals surface area contributed by atoms with Crippen molar-refractivity contribution >= 4 is 63.7 Å². The Labute approximate surface area is 221 Å². The average Bonchev–Trinajstić information content (AvgIpc) is 3.15. The molecular formula is C26H20Cl2INO4. The summed E-state index contributed by atoms with van der Waals surface area (Å²) in [6, 6.07) is 16.8. The molecule has 5 nitrogen and oxygen atoms in total. The van der Waals surface area contributed by atoms with Crippen molar-refractivity contribution < 1.29 is 19.0 Å². The number of esters is 1. The van der Waals surface area contributed by atoms with E-state index in [2.05, 4.69) is 33.6 Å². The number of halogens is 3. The van der Waals surface area contributed by atoms with Gasteiger partial charge in [-0.3, -0.25) is 0 Å². The first-order valence-corrected chi connectivity index (χ1v) is 12.3. The van der Waals surface area contributed by atoms with Crippen LogP contribution in [0.1, 0.15) is 29.2 Å². The highest BCUT2D eigenvalue weighted by Crippen LogP contribution is 2.36. The molecule has 1 aliphatic rings. The second-order valence-corrected chi connectivity index (χ2v) is 9.48. The molecule has 0 amide bonds. The van der Waals surface area contributed by atoms with Gasteiger partial charge in [0, 0.05) is 5.56 Å². The fourth-order valence-electron chi connectivity index (χ4n) is 3.35. The number of hydrogen-bond donors (Lipinski definition) is 0. The van der Waals surface area contributed by atoms with Gasteiger partial charge in [-0.05, 0) is 84.0 Å². The molecule has 174 valence electrons. The highest BCUT2D eigenvalue weighted by Gasteiger charge is 2.25. The molecule has 0 fully saturated rings. The number of aliphatic imine (C=N–C) groups is 1. The number of ether oxygens (including phenoxy) is 3. The van der Waals surface area contributed by atoms with Crippen LogP contribution in [-0.2, 0) is 16.1 Å². The van der Waals surface area contributed by atoms with Gasteiger partial charge >= 0.3 is 5.97 Å². The van der Waals surface area contributed by atoms with Gasteiger partial charge in [0.2, 0.25) is 5.90 Å². The summed E-state index contributed by atoms with van der Waals surface area (Å²) in [5.41, 5.74) is 3.72. The van der Waals surface area contributed by atoms with E-state index >= 15 is 0 Å². The van der Waals surface area contributed by atoms with Gasteiger partial charge in [-0.15, -0.1) is 0 Å². The minimum atomic E-state index is -0.547. The van der Waals surface area contributed by atoms with Crippen LogP contribution in [-0.4, -0.2) is 18.5 Å². The average molecular weight is 608 g/mol. The molecule has 1 heterocycles. The molecule has 4 rings (SSSR count). The van der Waals surface area contributed by atoms with Crippen LogP contribution in [0.15, 0.2) is 65.3 Å². The third-order valence-corrected chi connectivity index (χ3v) is 6.43. The van der Waals surface area contributed by atoms with Crippen molar-refractivity contribution in [2.75, 3.05) is 6.61 Å². The number of carbonyl (C=O) groups is 1. The number of hydrogen-bond acceptors (Lipinski definition) is 5.